The molecule has 0 spiro atoms. The zero-order valence-electron chi connectivity index (χ0n) is 13.9. The van der Waals surface area contributed by atoms with E-state index < -0.39 is 0 Å². The number of carbonyl (C=O) groups excluding carboxylic acids is 2. The first-order valence-electron chi connectivity index (χ1n) is 8.66. The molecular weight excluding hydrogens is 294 g/mol. The Morgan fingerprint density at radius 1 is 1.17 bits per heavy atom. The molecule has 0 saturated carbocycles. The highest BCUT2D eigenvalue weighted by molar-refractivity contribution is 6.05. The number of rotatable bonds is 8. The number of carbonyl (C=O) groups is 2. The van der Waals surface area contributed by atoms with E-state index in [0.717, 1.165) is 32.4 Å². The summed E-state index contributed by atoms with van der Waals surface area (Å²) in [6, 6.07) is 0. The minimum atomic E-state index is -0.339. The zero-order chi connectivity index (χ0) is 16.4. The third-order valence-electron chi connectivity index (χ3n) is 4.64. The number of nitrogens with zero attached hydrogens (tertiary/aromatic N) is 1. The first kappa shape index (κ1) is 16.2. The summed E-state index contributed by atoms with van der Waals surface area (Å²) in [7, 11) is 0. The molecule has 2 bridgehead atoms. The van der Waals surface area contributed by atoms with Crippen molar-refractivity contribution in [2.24, 2.45) is 11.8 Å². The van der Waals surface area contributed by atoms with Crippen LogP contribution in [0.25, 0.3) is 0 Å². The molecule has 5 nitrogen and oxygen atoms in total. The van der Waals surface area contributed by atoms with Gasteiger partial charge in [0.05, 0.1) is 12.2 Å². The Morgan fingerprint density at radius 3 is 2.35 bits per heavy atom. The van der Waals surface area contributed by atoms with Gasteiger partial charge in [-0.25, -0.2) is 4.79 Å². The maximum absolute atomic E-state index is 13.0. The van der Waals surface area contributed by atoms with Crippen LogP contribution in [0.4, 0.5) is 0 Å². The lowest BCUT2D eigenvalue weighted by atomic mass is 9.95. The highest BCUT2D eigenvalue weighted by Gasteiger charge is 2.43. The van der Waals surface area contributed by atoms with Crippen LogP contribution in [-0.2, 0) is 19.1 Å². The monoisotopic (exact) mass is 319 g/mol. The molecule has 23 heavy (non-hydrogen) atoms. The van der Waals surface area contributed by atoms with E-state index in [0.29, 0.717) is 24.4 Å². The van der Waals surface area contributed by atoms with Crippen LogP contribution in [0.5, 0.6) is 0 Å². The predicted octanol–water partition coefficient (Wildman–Crippen LogP) is 2.08. The fourth-order valence-electron chi connectivity index (χ4n) is 3.50. The fraction of sp³-hybridized carbons (Fsp3) is 0.667. The molecule has 3 aliphatic rings. The zero-order valence-corrected chi connectivity index (χ0v) is 13.9. The summed E-state index contributed by atoms with van der Waals surface area (Å²) in [5.74, 6) is -0.214. The molecule has 1 heterocycles. The van der Waals surface area contributed by atoms with Crippen LogP contribution in [0.1, 0.15) is 33.1 Å². The quantitative estimate of drug-likeness (QED) is 0.390. The molecule has 0 aromatic heterocycles. The van der Waals surface area contributed by atoms with Gasteiger partial charge in [-0.15, -0.1) is 0 Å². The van der Waals surface area contributed by atoms with Gasteiger partial charge < -0.3 is 14.4 Å². The number of allylic oxidation sites excluding steroid dienone is 2. The largest absolute Gasteiger partial charge is 0.459 e. The second kappa shape index (κ2) is 6.87. The normalized spacial score (nSPS) is 27.5. The molecule has 0 N–H and O–H groups in total. The molecule has 3 atom stereocenters. The molecule has 3 rings (SSSR count). The maximum Gasteiger partial charge on any atom is 0.335 e. The SMILES string of the molecule is CCCN(CCC)C(=O)C1=C(C(=O)OCC2CO2)C2C=CC1C2. The number of esters is 1. The van der Waals surface area contributed by atoms with Crippen molar-refractivity contribution in [3.05, 3.63) is 23.3 Å². The van der Waals surface area contributed by atoms with Crippen molar-refractivity contribution in [1.82, 2.24) is 4.90 Å². The van der Waals surface area contributed by atoms with Crippen molar-refractivity contribution in [2.45, 2.75) is 39.2 Å². The van der Waals surface area contributed by atoms with E-state index in [9.17, 15) is 9.59 Å². The van der Waals surface area contributed by atoms with Gasteiger partial charge in [0, 0.05) is 30.5 Å². The Kier molecular flexibility index (Phi) is 4.85. The van der Waals surface area contributed by atoms with E-state index in [1.165, 1.54) is 0 Å². The summed E-state index contributed by atoms with van der Waals surface area (Å²) in [4.78, 5) is 27.3. The Balaban J connectivity index is 1.79. The Morgan fingerprint density at radius 2 is 1.78 bits per heavy atom. The number of amides is 1. The van der Waals surface area contributed by atoms with E-state index in [1.54, 1.807) is 0 Å². The van der Waals surface area contributed by atoms with Crippen LogP contribution >= 0.6 is 0 Å². The van der Waals surface area contributed by atoms with Crippen molar-refractivity contribution in [1.29, 1.82) is 0 Å². The molecule has 3 unspecified atom stereocenters. The Bertz CT molecular complexity index is 541. The molecular formula is C18H25NO4. The topological polar surface area (TPSA) is 59.1 Å². The minimum absolute atomic E-state index is 0.0140. The van der Waals surface area contributed by atoms with Crippen LogP contribution in [0, 0.1) is 11.8 Å². The number of epoxide rings is 1. The lowest BCUT2D eigenvalue weighted by molar-refractivity contribution is -0.140. The smallest absolute Gasteiger partial charge is 0.335 e. The third kappa shape index (κ3) is 3.34. The van der Waals surface area contributed by atoms with Gasteiger partial charge in [-0.3, -0.25) is 4.79 Å². The number of ether oxygens (including phenoxy) is 2. The summed E-state index contributed by atoms with van der Waals surface area (Å²) >= 11 is 0. The fourth-order valence-corrected chi connectivity index (χ4v) is 3.50. The van der Waals surface area contributed by atoms with E-state index in [1.807, 2.05) is 11.0 Å². The average molecular weight is 319 g/mol. The highest BCUT2D eigenvalue weighted by atomic mass is 16.6. The van der Waals surface area contributed by atoms with E-state index >= 15 is 0 Å². The molecule has 0 aromatic rings. The van der Waals surface area contributed by atoms with Crippen LogP contribution in [0.2, 0.25) is 0 Å². The maximum atomic E-state index is 13.0. The number of hydrogen-bond acceptors (Lipinski definition) is 4. The molecule has 0 aromatic carbocycles. The van der Waals surface area contributed by atoms with Crippen LogP contribution in [0.15, 0.2) is 23.3 Å². The van der Waals surface area contributed by atoms with E-state index in [-0.39, 0.29) is 29.8 Å². The molecule has 5 heteroatoms. The van der Waals surface area contributed by atoms with Crippen molar-refractivity contribution in [3.63, 3.8) is 0 Å². The second-order valence-corrected chi connectivity index (χ2v) is 6.51. The van der Waals surface area contributed by atoms with Crippen molar-refractivity contribution < 1.29 is 19.1 Å². The lowest BCUT2D eigenvalue weighted by Crippen LogP contribution is -2.35. The molecule has 1 amide bonds. The van der Waals surface area contributed by atoms with Crippen molar-refractivity contribution >= 4 is 11.9 Å². The Hall–Kier alpha value is -1.62. The summed E-state index contributed by atoms with van der Waals surface area (Å²) in [5.41, 5.74) is 1.25. The third-order valence-corrected chi connectivity index (χ3v) is 4.64. The predicted molar refractivity (Wildman–Crippen MR) is 85.6 cm³/mol. The molecule has 126 valence electrons. The van der Waals surface area contributed by atoms with Gasteiger partial charge in [-0.1, -0.05) is 26.0 Å². The van der Waals surface area contributed by atoms with Gasteiger partial charge in [-0.2, -0.15) is 0 Å². The molecule has 2 aliphatic carbocycles. The van der Waals surface area contributed by atoms with Gasteiger partial charge in [0.2, 0.25) is 0 Å². The minimum Gasteiger partial charge on any atom is -0.459 e. The van der Waals surface area contributed by atoms with Gasteiger partial charge in [-0.05, 0) is 19.3 Å². The first-order valence-corrected chi connectivity index (χ1v) is 8.66. The second-order valence-electron chi connectivity index (χ2n) is 6.51. The van der Waals surface area contributed by atoms with Crippen LogP contribution < -0.4 is 0 Å². The first-order chi connectivity index (χ1) is 11.2. The molecule has 1 aliphatic heterocycles. The van der Waals surface area contributed by atoms with Crippen molar-refractivity contribution in [3.8, 4) is 0 Å². The van der Waals surface area contributed by atoms with Crippen LogP contribution in [-0.4, -0.2) is 49.2 Å². The summed E-state index contributed by atoms with van der Waals surface area (Å²) in [6.07, 6.45) is 6.82. The number of hydrogen-bond donors (Lipinski definition) is 0. The van der Waals surface area contributed by atoms with Gasteiger partial charge in [0.15, 0.2) is 0 Å². The van der Waals surface area contributed by atoms with Gasteiger partial charge in [0.1, 0.15) is 12.7 Å². The van der Waals surface area contributed by atoms with E-state index in [4.69, 9.17) is 9.47 Å². The van der Waals surface area contributed by atoms with E-state index in [2.05, 4.69) is 19.9 Å². The van der Waals surface area contributed by atoms with Gasteiger partial charge in [0.25, 0.3) is 5.91 Å². The number of fused-ring (bicyclic) bond motifs is 2. The summed E-state index contributed by atoms with van der Waals surface area (Å²) in [5, 5.41) is 0. The summed E-state index contributed by atoms with van der Waals surface area (Å²) < 4.78 is 10.4. The van der Waals surface area contributed by atoms with Gasteiger partial charge >= 0.3 is 5.97 Å². The molecule has 0 radical (unpaired) electrons. The molecule has 1 fully saturated rings. The van der Waals surface area contributed by atoms with Crippen molar-refractivity contribution in [2.75, 3.05) is 26.3 Å². The Labute approximate surface area is 137 Å². The standard InChI is InChI=1S/C18H25NO4/c1-3-7-19(8-4-2)17(20)15-12-5-6-13(9-12)16(15)18(21)23-11-14-10-22-14/h5-6,12-14H,3-4,7-11H2,1-2H3. The summed E-state index contributed by atoms with van der Waals surface area (Å²) in [6.45, 7) is 6.54. The lowest BCUT2D eigenvalue weighted by Gasteiger charge is -2.25. The highest BCUT2D eigenvalue weighted by Crippen LogP contribution is 2.45. The van der Waals surface area contributed by atoms with Crippen LogP contribution in [0.3, 0.4) is 0 Å². The average Bonchev–Trinajstić information content (AvgIpc) is 3.15. The molecule has 1 saturated heterocycles.